The van der Waals surface area contributed by atoms with Crippen LogP contribution in [0.15, 0.2) is 72.8 Å². The molecule has 0 bridgehead atoms. The van der Waals surface area contributed by atoms with Gasteiger partial charge in [0.25, 0.3) is 0 Å². The van der Waals surface area contributed by atoms with E-state index in [9.17, 15) is 9.59 Å². The Morgan fingerprint density at radius 1 is 1.05 bits per heavy atom. The van der Waals surface area contributed by atoms with E-state index in [0.717, 1.165) is 0 Å². The van der Waals surface area contributed by atoms with Crippen molar-refractivity contribution in [3.05, 3.63) is 83.9 Å². The number of carbonyl (C=O) groups excluding carboxylic acids is 2. The molecule has 2 rings (SSSR count). The van der Waals surface area contributed by atoms with Crippen molar-refractivity contribution >= 4 is 17.5 Å². The normalized spacial score (nSPS) is 11.1. The molecule has 0 fully saturated rings. The van der Waals surface area contributed by atoms with Crippen molar-refractivity contribution in [2.75, 3.05) is 0 Å². The van der Waals surface area contributed by atoms with Gasteiger partial charge in [0.1, 0.15) is 5.94 Å². The van der Waals surface area contributed by atoms with Crippen molar-refractivity contribution in [2.24, 2.45) is 0 Å². The van der Waals surface area contributed by atoms with E-state index in [-0.39, 0.29) is 11.1 Å². The summed E-state index contributed by atoms with van der Waals surface area (Å²) in [6.45, 7) is 5.14. The predicted molar refractivity (Wildman–Crippen MR) is 85.6 cm³/mol. The van der Waals surface area contributed by atoms with E-state index in [2.05, 4.69) is 6.58 Å². The van der Waals surface area contributed by atoms with Crippen molar-refractivity contribution in [1.29, 1.82) is 0 Å². The molecular weight excluding hydrogens is 276 g/mol. The van der Waals surface area contributed by atoms with Gasteiger partial charge in [0.15, 0.2) is 6.10 Å². The van der Waals surface area contributed by atoms with Gasteiger partial charge in [-0.2, -0.15) is 0 Å². The van der Waals surface area contributed by atoms with Crippen LogP contribution in [0.4, 0.5) is 0 Å². The number of esters is 1. The molecule has 0 spiro atoms. The minimum absolute atomic E-state index is 0.277. The van der Waals surface area contributed by atoms with Gasteiger partial charge < -0.3 is 4.74 Å². The lowest BCUT2D eigenvalue weighted by atomic mass is 9.96. The molecule has 110 valence electrons. The molecular formula is C19H16O3. The highest BCUT2D eigenvalue weighted by molar-refractivity contribution is 5.93. The molecule has 2 aromatic rings. The van der Waals surface area contributed by atoms with E-state index in [1.165, 1.54) is 0 Å². The largest absolute Gasteiger partial charge is 0.448 e. The van der Waals surface area contributed by atoms with Crippen LogP contribution in [0.25, 0.3) is 5.57 Å². The summed E-state index contributed by atoms with van der Waals surface area (Å²) in [4.78, 5) is 23.4. The zero-order valence-corrected chi connectivity index (χ0v) is 12.3. The summed E-state index contributed by atoms with van der Waals surface area (Å²) in [5.41, 5.74) is 1.93. The maximum atomic E-state index is 11.9. The highest BCUT2D eigenvalue weighted by Gasteiger charge is 2.24. The number of hydrogen-bond donors (Lipinski definition) is 0. The van der Waals surface area contributed by atoms with Gasteiger partial charge in [0.2, 0.25) is 0 Å². The van der Waals surface area contributed by atoms with Crippen LogP contribution in [0, 0.1) is 0 Å². The monoisotopic (exact) mass is 292 g/mol. The Labute approximate surface area is 129 Å². The van der Waals surface area contributed by atoms with Crippen molar-refractivity contribution in [3.63, 3.8) is 0 Å². The maximum Gasteiger partial charge on any atom is 0.334 e. The van der Waals surface area contributed by atoms with Crippen molar-refractivity contribution in [2.45, 2.75) is 13.0 Å². The van der Waals surface area contributed by atoms with Crippen LogP contribution in [-0.4, -0.2) is 11.9 Å². The zero-order valence-electron chi connectivity index (χ0n) is 12.3. The lowest BCUT2D eigenvalue weighted by molar-refractivity contribution is -0.141. The van der Waals surface area contributed by atoms with Crippen LogP contribution in [0.3, 0.4) is 0 Å². The van der Waals surface area contributed by atoms with Gasteiger partial charge in [-0.15, -0.1) is 0 Å². The lowest BCUT2D eigenvalue weighted by Gasteiger charge is -2.19. The summed E-state index contributed by atoms with van der Waals surface area (Å²) < 4.78 is 5.47. The van der Waals surface area contributed by atoms with E-state index < -0.39 is 12.1 Å². The maximum absolute atomic E-state index is 11.9. The van der Waals surface area contributed by atoms with Crippen molar-refractivity contribution in [1.82, 2.24) is 0 Å². The Kier molecular flexibility index (Phi) is 5.07. The molecule has 3 nitrogen and oxygen atoms in total. The molecule has 2 aromatic carbocycles. The van der Waals surface area contributed by atoms with E-state index in [1.54, 1.807) is 31.2 Å². The average molecular weight is 292 g/mol. The van der Waals surface area contributed by atoms with Crippen LogP contribution < -0.4 is 0 Å². The van der Waals surface area contributed by atoms with Crippen LogP contribution in [0.5, 0.6) is 0 Å². The molecule has 0 aliphatic rings. The van der Waals surface area contributed by atoms with Gasteiger partial charge in [0.05, 0.1) is 5.57 Å². The third kappa shape index (κ3) is 3.60. The molecule has 0 aliphatic heterocycles. The number of benzene rings is 2. The van der Waals surface area contributed by atoms with Gasteiger partial charge in [-0.1, -0.05) is 67.2 Å². The van der Waals surface area contributed by atoms with Gasteiger partial charge in [-0.3, -0.25) is 0 Å². The van der Waals surface area contributed by atoms with Gasteiger partial charge in [0, 0.05) is 5.57 Å². The zero-order chi connectivity index (χ0) is 15.9. The first kappa shape index (κ1) is 15.5. The van der Waals surface area contributed by atoms with Gasteiger partial charge in [-0.25, -0.2) is 9.59 Å². The Bertz CT molecular complexity index is 711. The van der Waals surface area contributed by atoms with Gasteiger partial charge in [-0.05, 0) is 18.1 Å². The van der Waals surface area contributed by atoms with Crippen LogP contribution in [0.1, 0.15) is 24.2 Å². The number of hydrogen-bond acceptors (Lipinski definition) is 3. The standard InChI is InChI=1S/C19H16O3/c1-14(2)19(21)22-18(16-11-7-4-8-12-16)17(13-20)15-9-5-3-6-10-15/h3-12,18H,1H2,2H3. The predicted octanol–water partition coefficient (Wildman–Crippen LogP) is 3.76. The second-order valence-corrected chi connectivity index (χ2v) is 4.86. The summed E-state index contributed by atoms with van der Waals surface area (Å²) in [7, 11) is 0. The van der Waals surface area contributed by atoms with E-state index in [0.29, 0.717) is 11.1 Å². The molecule has 3 heteroatoms. The molecule has 0 amide bonds. The molecule has 0 heterocycles. The summed E-state index contributed by atoms with van der Waals surface area (Å²) in [5.74, 6) is 1.38. The molecule has 0 aromatic heterocycles. The first-order valence-electron chi connectivity index (χ1n) is 6.85. The fraction of sp³-hybridized carbons (Fsp3) is 0.105. The smallest absolute Gasteiger partial charge is 0.334 e. The Hall–Kier alpha value is -2.90. The highest BCUT2D eigenvalue weighted by Crippen LogP contribution is 2.31. The lowest BCUT2D eigenvalue weighted by Crippen LogP contribution is -2.14. The molecule has 1 unspecified atom stereocenters. The summed E-state index contributed by atoms with van der Waals surface area (Å²) in [6, 6.07) is 18.2. The van der Waals surface area contributed by atoms with Crippen molar-refractivity contribution in [3.8, 4) is 0 Å². The Morgan fingerprint density at radius 2 is 1.59 bits per heavy atom. The average Bonchev–Trinajstić information content (AvgIpc) is 2.56. The first-order valence-corrected chi connectivity index (χ1v) is 6.85. The van der Waals surface area contributed by atoms with E-state index in [4.69, 9.17) is 4.74 Å². The molecule has 0 saturated heterocycles. The first-order chi connectivity index (χ1) is 10.6. The minimum Gasteiger partial charge on any atom is -0.448 e. The second-order valence-electron chi connectivity index (χ2n) is 4.86. The number of ether oxygens (including phenoxy) is 1. The molecule has 0 N–H and O–H groups in total. The van der Waals surface area contributed by atoms with E-state index in [1.807, 2.05) is 42.3 Å². The molecule has 0 aliphatic carbocycles. The Morgan fingerprint density at radius 3 is 2.09 bits per heavy atom. The van der Waals surface area contributed by atoms with Crippen molar-refractivity contribution < 1.29 is 14.3 Å². The number of carbonyl (C=O) groups is 1. The quantitative estimate of drug-likeness (QED) is 0.479. The molecule has 0 saturated carbocycles. The highest BCUT2D eigenvalue weighted by atomic mass is 16.5. The van der Waals surface area contributed by atoms with Crippen LogP contribution in [-0.2, 0) is 14.3 Å². The molecule has 1 atom stereocenters. The Balaban J connectivity index is 2.46. The van der Waals surface area contributed by atoms with Crippen LogP contribution in [0.2, 0.25) is 0 Å². The fourth-order valence-electron chi connectivity index (χ4n) is 2.01. The molecule has 22 heavy (non-hydrogen) atoms. The summed E-state index contributed by atoms with van der Waals surface area (Å²) >= 11 is 0. The van der Waals surface area contributed by atoms with Crippen LogP contribution >= 0.6 is 0 Å². The third-order valence-corrected chi connectivity index (χ3v) is 3.13. The summed E-state index contributed by atoms with van der Waals surface area (Å²) in [5, 5.41) is 0. The van der Waals surface area contributed by atoms with Gasteiger partial charge >= 0.3 is 5.97 Å². The fourth-order valence-corrected chi connectivity index (χ4v) is 2.01. The second kappa shape index (κ2) is 7.21. The molecule has 0 radical (unpaired) electrons. The topological polar surface area (TPSA) is 43.4 Å². The minimum atomic E-state index is -0.815. The summed E-state index contributed by atoms with van der Waals surface area (Å²) in [6.07, 6.45) is -0.815. The SMILES string of the molecule is C=C(C)C(=O)OC(C(=C=O)c1ccccc1)c1ccccc1. The van der Waals surface area contributed by atoms with E-state index >= 15 is 0 Å². The number of rotatable bonds is 5. The third-order valence-electron chi connectivity index (χ3n) is 3.13.